The maximum absolute atomic E-state index is 12.4. The van der Waals surface area contributed by atoms with E-state index < -0.39 is 12.0 Å². The summed E-state index contributed by atoms with van der Waals surface area (Å²) in [7, 11) is 1.91. The fraction of sp³-hybridized carbons (Fsp3) is 0.333. The molecule has 0 bridgehead atoms. The number of carbonyl (C=O) groups excluding carboxylic acids is 1. The minimum absolute atomic E-state index is 0.347. The van der Waals surface area contributed by atoms with Gasteiger partial charge in [-0.15, -0.1) is 0 Å². The average molecular weight is 306 g/mol. The van der Waals surface area contributed by atoms with Crippen molar-refractivity contribution >= 4 is 34.5 Å². The van der Waals surface area contributed by atoms with Gasteiger partial charge in [0.25, 0.3) is 5.91 Å². The van der Waals surface area contributed by atoms with Gasteiger partial charge in [-0.05, 0) is 36.6 Å². The molecule has 2 aromatic rings. The fourth-order valence-electron chi connectivity index (χ4n) is 2.23. The number of thioether (sulfide) groups is 1. The molecule has 1 atom stereocenters. The number of fused-ring (bicyclic) bond motifs is 1. The second-order valence-electron chi connectivity index (χ2n) is 4.81. The molecule has 21 heavy (non-hydrogen) atoms. The average Bonchev–Trinajstić information content (AvgIpc) is 2.84. The van der Waals surface area contributed by atoms with Gasteiger partial charge in [-0.3, -0.25) is 4.79 Å². The number of aryl methyl sites for hydroxylation is 1. The molecular formula is C15H18N2O3S. The molecule has 1 aromatic heterocycles. The molecule has 2 N–H and O–H groups in total. The van der Waals surface area contributed by atoms with Gasteiger partial charge in [0.1, 0.15) is 6.04 Å². The van der Waals surface area contributed by atoms with E-state index in [2.05, 4.69) is 5.32 Å². The number of hydrogen-bond donors (Lipinski definition) is 2. The van der Waals surface area contributed by atoms with Crippen LogP contribution in [0.4, 0.5) is 0 Å². The zero-order chi connectivity index (χ0) is 15.4. The highest BCUT2D eigenvalue weighted by atomic mass is 32.2. The molecular weight excluding hydrogens is 288 g/mol. The predicted molar refractivity (Wildman–Crippen MR) is 84.8 cm³/mol. The van der Waals surface area contributed by atoms with Gasteiger partial charge in [0, 0.05) is 29.7 Å². The van der Waals surface area contributed by atoms with Gasteiger partial charge in [0.15, 0.2) is 0 Å². The molecule has 0 radical (unpaired) electrons. The molecule has 0 aliphatic heterocycles. The molecule has 5 nitrogen and oxygen atoms in total. The summed E-state index contributed by atoms with van der Waals surface area (Å²) in [4.78, 5) is 23.6. The molecule has 0 spiro atoms. The lowest BCUT2D eigenvalue weighted by atomic mass is 10.1. The molecule has 1 unspecified atom stereocenters. The van der Waals surface area contributed by atoms with E-state index in [0.717, 1.165) is 10.9 Å². The monoisotopic (exact) mass is 306 g/mol. The lowest BCUT2D eigenvalue weighted by Crippen LogP contribution is -2.41. The highest BCUT2D eigenvalue weighted by Crippen LogP contribution is 2.19. The smallest absolute Gasteiger partial charge is 0.326 e. The van der Waals surface area contributed by atoms with Crippen LogP contribution < -0.4 is 5.32 Å². The first-order chi connectivity index (χ1) is 10.0. The van der Waals surface area contributed by atoms with E-state index in [9.17, 15) is 14.7 Å². The van der Waals surface area contributed by atoms with E-state index in [-0.39, 0.29) is 5.91 Å². The van der Waals surface area contributed by atoms with E-state index >= 15 is 0 Å². The molecule has 0 aliphatic rings. The van der Waals surface area contributed by atoms with Gasteiger partial charge in [0.2, 0.25) is 0 Å². The Kier molecular flexibility index (Phi) is 4.90. The van der Waals surface area contributed by atoms with Gasteiger partial charge < -0.3 is 15.0 Å². The number of aromatic nitrogens is 1. The first kappa shape index (κ1) is 15.4. The van der Waals surface area contributed by atoms with E-state index in [1.807, 2.05) is 36.2 Å². The van der Waals surface area contributed by atoms with Gasteiger partial charge in [-0.25, -0.2) is 4.79 Å². The zero-order valence-corrected chi connectivity index (χ0v) is 12.8. The number of nitrogens with zero attached hydrogens (tertiary/aromatic N) is 1. The third-order valence-corrected chi connectivity index (χ3v) is 4.03. The number of rotatable bonds is 6. The van der Waals surface area contributed by atoms with Crippen molar-refractivity contribution < 1.29 is 14.7 Å². The maximum atomic E-state index is 12.4. The molecule has 1 aromatic carbocycles. The number of nitrogens with one attached hydrogen (secondary N) is 1. The van der Waals surface area contributed by atoms with Gasteiger partial charge in [0.05, 0.1) is 0 Å². The number of carboxylic acids is 1. The first-order valence-electron chi connectivity index (χ1n) is 6.61. The van der Waals surface area contributed by atoms with E-state index in [4.69, 9.17) is 0 Å². The molecule has 2 rings (SSSR count). The zero-order valence-electron chi connectivity index (χ0n) is 12.0. The molecule has 6 heteroatoms. The van der Waals surface area contributed by atoms with Crippen LogP contribution in [0.2, 0.25) is 0 Å². The number of carboxylic acid groups (broad SMARTS) is 1. The topological polar surface area (TPSA) is 71.3 Å². The Morgan fingerprint density at radius 2 is 2.14 bits per heavy atom. The van der Waals surface area contributed by atoms with E-state index in [0.29, 0.717) is 17.7 Å². The van der Waals surface area contributed by atoms with Crippen LogP contribution in [0.15, 0.2) is 30.5 Å². The number of aliphatic carboxylic acids is 1. The van der Waals surface area contributed by atoms with Crippen LogP contribution in [0, 0.1) is 0 Å². The second-order valence-corrected chi connectivity index (χ2v) is 5.80. The Balaban J connectivity index is 2.23. The van der Waals surface area contributed by atoms with Gasteiger partial charge in [-0.1, -0.05) is 6.07 Å². The van der Waals surface area contributed by atoms with E-state index in [1.165, 1.54) is 0 Å². The van der Waals surface area contributed by atoms with Crippen molar-refractivity contribution in [1.29, 1.82) is 0 Å². The Morgan fingerprint density at radius 1 is 1.38 bits per heavy atom. The second kappa shape index (κ2) is 6.67. The fourth-order valence-corrected chi connectivity index (χ4v) is 2.70. The summed E-state index contributed by atoms with van der Waals surface area (Å²) in [6, 6.07) is 6.44. The third-order valence-electron chi connectivity index (χ3n) is 3.39. The van der Waals surface area contributed by atoms with Crippen LogP contribution in [0.25, 0.3) is 10.9 Å². The largest absolute Gasteiger partial charge is 0.480 e. The van der Waals surface area contributed by atoms with Crippen LogP contribution in [-0.4, -0.2) is 39.6 Å². The predicted octanol–water partition coefficient (Wildman–Crippen LogP) is 2.11. The quantitative estimate of drug-likeness (QED) is 0.857. The molecule has 0 fully saturated rings. The summed E-state index contributed by atoms with van der Waals surface area (Å²) in [5.74, 6) is -0.662. The van der Waals surface area contributed by atoms with Crippen LogP contribution in [-0.2, 0) is 11.8 Å². The summed E-state index contributed by atoms with van der Waals surface area (Å²) >= 11 is 1.56. The van der Waals surface area contributed by atoms with Crippen molar-refractivity contribution in [3.8, 4) is 0 Å². The minimum atomic E-state index is -1.00. The maximum Gasteiger partial charge on any atom is 0.326 e. The Labute approximate surface area is 127 Å². The van der Waals surface area contributed by atoms with E-state index in [1.54, 1.807) is 23.9 Å². The normalized spacial score (nSPS) is 12.3. The van der Waals surface area contributed by atoms with Crippen molar-refractivity contribution in [1.82, 2.24) is 9.88 Å². The van der Waals surface area contributed by atoms with Crippen molar-refractivity contribution in [3.63, 3.8) is 0 Å². The SMILES string of the molecule is CSCCC(NC(=O)c1cccc2c1ccn2C)C(=O)O. The lowest BCUT2D eigenvalue weighted by Gasteiger charge is -2.14. The Hall–Kier alpha value is -1.95. The summed E-state index contributed by atoms with van der Waals surface area (Å²) in [5.41, 5.74) is 1.45. The summed E-state index contributed by atoms with van der Waals surface area (Å²) in [6.45, 7) is 0. The number of benzene rings is 1. The molecule has 0 saturated carbocycles. The van der Waals surface area contributed by atoms with Crippen molar-refractivity contribution in [2.24, 2.45) is 7.05 Å². The van der Waals surface area contributed by atoms with Crippen LogP contribution in [0.1, 0.15) is 16.8 Å². The minimum Gasteiger partial charge on any atom is -0.480 e. The third kappa shape index (κ3) is 3.39. The van der Waals surface area contributed by atoms with Crippen molar-refractivity contribution in [3.05, 3.63) is 36.0 Å². The molecule has 112 valence electrons. The van der Waals surface area contributed by atoms with Crippen LogP contribution >= 0.6 is 11.8 Å². The highest BCUT2D eigenvalue weighted by Gasteiger charge is 2.21. The van der Waals surface area contributed by atoms with Crippen LogP contribution in [0.3, 0.4) is 0 Å². The standard InChI is InChI=1S/C15H18N2O3S/c1-17-8-6-10-11(4-3-5-13(10)17)14(18)16-12(15(19)20)7-9-21-2/h3-6,8,12H,7,9H2,1-2H3,(H,16,18)(H,19,20). The molecule has 0 saturated heterocycles. The molecule has 1 amide bonds. The number of carbonyl (C=O) groups is 2. The summed E-state index contributed by atoms with van der Waals surface area (Å²) < 4.78 is 1.93. The Morgan fingerprint density at radius 3 is 2.81 bits per heavy atom. The van der Waals surface area contributed by atoms with Gasteiger partial charge >= 0.3 is 5.97 Å². The van der Waals surface area contributed by atoms with Crippen molar-refractivity contribution in [2.45, 2.75) is 12.5 Å². The lowest BCUT2D eigenvalue weighted by molar-refractivity contribution is -0.139. The number of hydrogen-bond acceptors (Lipinski definition) is 3. The van der Waals surface area contributed by atoms with Crippen LogP contribution in [0.5, 0.6) is 0 Å². The Bertz CT molecular complexity index is 666. The van der Waals surface area contributed by atoms with Crippen molar-refractivity contribution in [2.75, 3.05) is 12.0 Å². The van der Waals surface area contributed by atoms with Gasteiger partial charge in [-0.2, -0.15) is 11.8 Å². The first-order valence-corrected chi connectivity index (χ1v) is 8.00. The molecule has 1 heterocycles. The number of amides is 1. The highest BCUT2D eigenvalue weighted by molar-refractivity contribution is 7.98. The summed E-state index contributed by atoms with van der Waals surface area (Å²) in [5, 5.41) is 12.6. The summed E-state index contributed by atoms with van der Waals surface area (Å²) in [6.07, 6.45) is 4.20. The molecule has 0 aliphatic carbocycles.